The minimum absolute atomic E-state index is 0.134. The van der Waals surface area contributed by atoms with Gasteiger partial charge < -0.3 is 19.7 Å². The van der Waals surface area contributed by atoms with Crippen molar-refractivity contribution in [3.8, 4) is 5.75 Å². The van der Waals surface area contributed by atoms with Crippen molar-refractivity contribution in [3.05, 3.63) is 58.6 Å². The number of carbonyl (C=O) groups is 1. The lowest BCUT2D eigenvalue weighted by molar-refractivity contribution is -0.127. The molecule has 0 saturated carbocycles. The number of amides is 1. The molecule has 2 aromatic carbocycles. The fraction of sp³-hybridized carbons (Fsp3) is 0.350. The van der Waals surface area contributed by atoms with E-state index in [0.717, 1.165) is 36.3 Å². The van der Waals surface area contributed by atoms with Crippen molar-refractivity contribution in [2.75, 3.05) is 31.2 Å². The summed E-state index contributed by atoms with van der Waals surface area (Å²) in [5, 5.41) is 2.92. The Morgan fingerprint density at radius 3 is 2.46 bits per heavy atom. The molecule has 3 rings (SSSR count). The Balaban J connectivity index is 1.48. The van der Waals surface area contributed by atoms with E-state index in [9.17, 15) is 4.79 Å². The molecular formula is C20H23BrN2O3. The summed E-state index contributed by atoms with van der Waals surface area (Å²) >= 11 is 3.38. The zero-order chi connectivity index (χ0) is 18.4. The van der Waals surface area contributed by atoms with E-state index in [1.54, 1.807) is 6.92 Å². The molecule has 1 amide bonds. The molecule has 0 aromatic heterocycles. The van der Waals surface area contributed by atoms with Crippen LogP contribution in [0.5, 0.6) is 5.75 Å². The van der Waals surface area contributed by atoms with Gasteiger partial charge in [-0.15, -0.1) is 0 Å². The fourth-order valence-corrected chi connectivity index (χ4v) is 3.01. The van der Waals surface area contributed by atoms with Gasteiger partial charge in [0, 0.05) is 29.8 Å². The predicted octanol–water partition coefficient (Wildman–Crippen LogP) is 3.37. The van der Waals surface area contributed by atoms with E-state index in [-0.39, 0.29) is 5.91 Å². The quantitative estimate of drug-likeness (QED) is 0.780. The van der Waals surface area contributed by atoms with E-state index in [2.05, 4.69) is 38.3 Å². The van der Waals surface area contributed by atoms with Gasteiger partial charge >= 0.3 is 0 Å². The second-order valence-electron chi connectivity index (χ2n) is 6.20. The second kappa shape index (κ2) is 9.05. The van der Waals surface area contributed by atoms with Crippen LogP contribution in [0.25, 0.3) is 0 Å². The molecule has 1 heterocycles. The number of ether oxygens (including phenoxy) is 2. The highest BCUT2D eigenvalue weighted by atomic mass is 79.9. The normalized spacial score (nSPS) is 15.4. The maximum absolute atomic E-state index is 12.2. The fourth-order valence-electron chi connectivity index (χ4n) is 2.75. The SMILES string of the molecule is CC(Oc1ccc(Br)cc1)C(=O)NCc1ccc(N2CCOCC2)cc1. The molecule has 5 nitrogen and oxygen atoms in total. The first-order chi connectivity index (χ1) is 12.6. The van der Waals surface area contributed by atoms with Gasteiger partial charge in [-0.3, -0.25) is 4.79 Å². The van der Waals surface area contributed by atoms with Crippen LogP contribution in [-0.4, -0.2) is 38.3 Å². The molecule has 1 fully saturated rings. The molecule has 0 bridgehead atoms. The maximum atomic E-state index is 12.2. The van der Waals surface area contributed by atoms with Gasteiger partial charge in [0.25, 0.3) is 5.91 Å². The van der Waals surface area contributed by atoms with Crippen molar-refractivity contribution in [1.82, 2.24) is 5.32 Å². The Morgan fingerprint density at radius 1 is 1.15 bits per heavy atom. The summed E-state index contributed by atoms with van der Waals surface area (Å²) < 4.78 is 12.0. The number of halogens is 1. The van der Waals surface area contributed by atoms with Crippen molar-refractivity contribution in [2.24, 2.45) is 0 Å². The molecule has 1 saturated heterocycles. The Bertz CT molecular complexity index is 713. The van der Waals surface area contributed by atoms with Crippen LogP contribution in [0.15, 0.2) is 53.0 Å². The first-order valence-corrected chi connectivity index (χ1v) is 9.53. The molecule has 6 heteroatoms. The van der Waals surface area contributed by atoms with Crippen LogP contribution in [0.1, 0.15) is 12.5 Å². The van der Waals surface area contributed by atoms with Gasteiger partial charge in [0.2, 0.25) is 0 Å². The van der Waals surface area contributed by atoms with Crippen molar-refractivity contribution in [3.63, 3.8) is 0 Å². The lowest BCUT2D eigenvalue weighted by Crippen LogP contribution is -2.36. The molecule has 1 N–H and O–H groups in total. The Hall–Kier alpha value is -2.05. The van der Waals surface area contributed by atoms with E-state index in [1.165, 1.54) is 5.69 Å². The summed E-state index contributed by atoms with van der Waals surface area (Å²) in [5.41, 5.74) is 2.25. The Morgan fingerprint density at radius 2 is 1.81 bits per heavy atom. The number of morpholine rings is 1. The number of hydrogen-bond donors (Lipinski definition) is 1. The first-order valence-electron chi connectivity index (χ1n) is 8.73. The van der Waals surface area contributed by atoms with E-state index >= 15 is 0 Å². The number of hydrogen-bond acceptors (Lipinski definition) is 4. The number of nitrogens with one attached hydrogen (secondary N) is 1. The van der Waals surface area contributed by atoms with Crippen LogP contribution < -0.4 is 15.0 Å². The van der Waals surface area contributed by atoms with Crippen molar-refractivity contribution < 1.29 is 14.3 Å². The minimum Gasteiger partial charge on any atom is -0.481 e. The van der Waals surface area contributed by atoms with Crippen LogP contribution >= 0.6 is 15.9 Å². The second-order valence-corrected chi connectivity index (χ2v) is 7.11. The molecule has 26 heavy (non-hydrogen) atoms. The van der Waals surface area contributed by atoms with E-state index in [1.807, 2.05) is 36.4 Å². The van der Waals surface area contributed by atoms with Crippen LogP contribution in [0.2, 0.25) is 0 Å². The minimum atomic E-state index is -0.552. The maximum Gasteiger partial charge on any atom is 0.261 e. The largest absolute Gasteiger partial charge is 0.481 e. The van der Waals surface area contributed by atoms with Gasteiger partial charge in [-0.1, -0.05) is 28.1 Å². The van der Waals surface area contributed by atoms with Crippen LogP contribution in [0.3, 0.4) is 0 Å². The van der Waals surface area contributed by atoms with Gasteiger partial charge in [0.1, 0.15) is 5.75 Å². The standard InChI is InChI=1S/C20H23BrN2O3/c1-15(26-19-8-4-17(21)5-9-19)20(24)22-14-16-2-6-18(7-3-16)23-10-12-25-13-11-23/h2-9,15H,10-14H2,1H3,(H,22,24). The van der Waals surface area contributed by atoms with Gasteiger partial charge in [-0.05, 0) is 48.9 Å². The number of benzene rings is 2. The number of anilines is 1. The lowest BCUT2D eigenvalue weighted by Gasteiger charge is -2.28. The third-order valence-electron chi connectivity index (χ3n) is 4.28. The molecule has 0 aliphatic carbocycles. The van der Waals surface area contributed by atoms with Gasteiger partial charge in [0.05, 0.1) is 13.2 Å². The third kappa shape index (κ3) is 5.22. The third-order valence-corrected chi connectivity index (χ3v) is 4.80. The zero-order valence-electron chi connectivity index (χ0n) is 14.8. The molecule has 0 radical (unpaired) electrons. The monoisotopic (exact) mass is 418 g/mol. The highest BCUT2D eigenvalue weighted by Gasteiger charge is 2.15. The van der Waals surface area contributed by atoms with Crippen molar-refractivity contribution in [1.29, 1.82) is 0 Å². The molecule has 1 aliphatic rings. The van der Waals surface area contributed by atoms with E-state index < -0.39 is 6.10 Å². The Kier molecular flexibility index (Phi) is 6.52. The molecule has 138 valence electrons. The number of rotatable bonds is 6. The van der Waals surface area contributed by atoms with E-state index in [4.69, 9.17) is 9.47 Å². The highest BCUT2D eigenvalue weighted by Crippen LogP contribution is 2.18. The Labute approximate surface area is 162 Å². The molecule has 0 spiro atoms. The van der Waals surface area contributed by atoms with Gasteiger partial charge in [0.15, 0.2) is 6.10 Å². The molecule has 2 aromatic rings. The van der Waals surface area contributed by atoms with E-state index in [0.29, 0.717) is 12.3 Å². The van der Waals surface area contributed by atoms with Crippen LogP contribution in [0.4, 0.5) is 5.69 Å². The smallest absolute Gasteiger partial charge is 0.261 e. The molecule has 1 aliphatic heterocycles. The number of carbonyl (C=O) groups excluding carboxylic acids is 1. The topological polar surface area (TPSA) is 50.8 Å². The summed E-state index contributed by atoms with van der Waals surface area (Å²) in [5.74, 6) is 0.538. The predicted molar refractivity (Wildman–Crippen MR) is 106 cm³/mol. The summed E-state index contributed by atoms with van der Waals surface area (Å²) in [4.78, 5) is 14.5. The molecule has 1 unspecified atom stereocenters. The zero-order valence-corrected chi connectivity index (χ0v) is 16.4. The molecular weight excluding hydrogens is 396 g/mol. The van der Waals surface area contributed by atoms with Gasteiger partial charge in [-0.2, -0.15) is 0 Å². The first kappa shape index (κ1) is 18.7. The lowest BCUT2D eigenvalue weighted by atomic mass is 10.2. The van der Waals surface area contributed by atoms with Crippen molar-refractivity contribution in [2.45, 2.75) is 19.6 Å². The summed E-state index contributed by atoms with van der Waals surface area (Å²) in [6.07, 6.45) is -0.552. The highest BCUT2D eigenvalue weighted by molar-refractivity contribution is 9.10. The summed E-state index contributed by atoms with van der Waals surface area (Å²) in [6.45, 7) is 5.61. The average molecular weight is 419 g/mol. The van der Waals surface area contributed by atoms with Gasteiger partial charge in [-0.25, -0.2) is 0 Å². The van der Waals surface area contributed by atoms with Crippen LogP contribution in [-0.2, 0) is 16.1 Å². The number of nitrogens with zero attached hydrogens (tertiary/aromatic N) is 1. The average Bonchev–Trinajstić information content (AvgIpc) is 2.69. The molecule has 1 atom stereocenters. The summed E-state index contributed by atoms with van der Waals surface area (Å²) in [6, 6.07) is 15.7. The van der Waals surface area contributed by atoms with Crippen molar-refractivity contribution >= 4 is 27.5 Å². The van der Waals surface area contributed by atoms with Crippen LogP contribution in [0, 0.1) is 0 Å². The summed E-state index contributed by atoms with van der Waals surface area (Å²) in [7, 11) is 0.